The van der Waals surface area contributed by atoms with E-state index in [4.69, 9.17) is 0 Å². The van der Waals surface area contributed by atoms with Crippen LogP contribution in [-0.2, 0) is 0 Å². The first-order valence-electron chi connectivity index (χ1n) is 7.70. The van der Waals surface area contributed by atoms with Gasteiger partial charge in [0.15, 0.2) is 0 Å². The van der Waals surface area contributed by atoms with E-state index in [0.717, 1.165) is 28.9 Å². The second-order valence-corrected chi connectivity index (χ2v) is 7.18. The summed E-state index contributed by atoms with van der Waals surface area (Å²) in [7, 11) is 2.21. The molecule has 1 aromatic rings. The third-order valence-corrected chi connectivity index (χ3v) is 5.07. The van der Waals surface area contributed by atoms with Gasteiger partial charge in [0.1, 0.15) is 0 Å². The summed E-state index contributed by atoms with van der Waals surface area (Å²) in [6.07, 6.45) is 5.81. The van der Waals surface area contributed by atoms with Crippen molar-refractivity contribution in [2.45, 2.75) is 51.2 Å². The summed E-state index contributed by atoms with van der Waals surface area (Å²) >= 11 is 3.42. The predicted molar refractivity (Wildman–Crippen MR) is 87.8 cm³/mol. The lowest BCUT2D eigenvalue weighted by atomic mass is 9.86. The molecule has 3 atom stereocenters. The van der Waals surface area contributed by atoms with Crippen LogP contribution in [0.25, 0.3) is 0 Å². The van der Waals surface area contributed by atoms with E-state index in [9.17, 15) is 5.11 Å². The summed E-state index contributed by atoms with van der Waals surface area (Å²) < 4.78 is 1.06. The Bertz CT molecular complexity index is 406. The molecule has 0 radical (unpaired) electrons. The third-order valence-electron chi connectivity index (χ3n) is 4.54. The molecule has 0 heterocycles. The maximum absolute atomic E-state index is 10.3. The van der Waals surface area contributed by atoms with Crippen molar-refractivity contribution in [3.63, 3.8) is 0 Å². The van der Waals surface area contributed by atoms with E-state index in [2.05, 4.69) is 34.8 Å². The fourth-order valence-corrected chi connectivity index (χ4v) is 3.43. The highest BCUT2D eigenvalue weighted by Crippen LogP contribution is 2.27. The van der Waals surface area contributed by atoms with Gasteiger partial charge in [-0.15, -0.1) is 0 Å². The second kappa shape index (κ2) is 7.58. The zero-order valence-electron chi connectivity index (χ0n) is 12.6. The highest BCUT2D eigenvalue weighted by molar-refractivity contribution is 9.10. The molecule has 1 aromatic carbocycles. The molecule has 2 rings (SSSR count). The minimum atomic E-state index is -0.355. The first-order chi connectivity index (χ1) is 9.56. The molecule has 1 aliphatic rings. The maximum atomic E-state index is 10.3. The molecular formula is C17H26BrNO. The minimum absolute atomic E-state index is 0.355. The van der Waals surface area contributed by atoms with E-state index in [1.165, 1.54) is 25.7 Å². The van der Waals surface area contributed by atoms with Crippen molar-refractivity contribution < 1.29 is 5.11 Å². The minimum Gasteiger partial charge on any atom is -0.388 e. The van der Waals surface area contributed by atoms with Crippen LogP contribution in [0.2, 0.25) is 0 Å². The van der Waals surface area contributed by atoms with Crippen LogP contribution >= 0.6 is 15.9 Å². The Hall–Kier alpha value is -0.380. The molecule has 0 aromatic heterocycles. The van der Waals surface area contributed by atoms with Crippen LogP contribution < -0.4 is 0 Å². The van der Waals surface area contributed by atoms with E-state index in [1.54, 1.807) is 0 Å². The number of aliphatic hydroxyl groups excluding tert-OH is 1. The molecular weight excluding hydrogens is 314 g/mol. The van der Waals surface area contributed by atoms with Gasteiger partial charge in [-0.1, -0.05) is 47.8 Å². The van der Waals surface area contributed by atoms with Crippen molar-refractivity contribution in [2.75, 3.05) is 13.6 Å². The van der Waals surface area contributed by atoms with Crippen molar-refractivity contribution in [1.29, 1.82) is 0 Å². The molecule has 0 aliphatic heterocycles. The van der Waals surface area contributed by atoms with Gasteiger partial charge in [0.25, 0.3) is 0 Å². The summed E-state index contributed by atoms with van der Waals surface area (Å²) in [5, 5.41) is 10.3. The normalized spacial score (nSPS) is 24.9. The van der Waals surface area contributed by atoms with E-state index < -0.39 is 0 Å². The molecule has 1 aliphatic carbocycles. The summed E-state index contributed by atoms with van der Waals surface area (Å²) in [5.74, 6) is 0.854. The first kappa shape index (κ1) is 16.0. The van der Waals surface area contributed by atoms with Gasteiger partial charge in [0.05, 0.1) is 6.10 Å². The Morgan fingerprint density at radius 2 is 2.00 bits per heavy atom. The largest absolute Gasteiger partial charge is 0.388 e. The average Bonchev–Trinajstić information content (AvgIpc) is 2.45. The lowest BCUT2D eigenvalue weighted by Gasteiger charge is -2.34. The van der Waals surface area contributed by atoms with Crippen molar-refractivity contribution in [3.05, 3.63) is 34.3 Å². The molecule has 0 spiro atoms. The third kappa shape index (κ3) is 4.57. The van der Waals surface area contributed by atoms with E-state index >= 15 is 0 Å². The Balaban J connectivity index is 1.80. The van der Waals surface area contributed by atoms with Gasteiger partial charge in [-0.25, -0.2) is 0 Å². The molecule has 20 heavy (non-hydrogen) atoms. The number of hydrogen-bond acceptors (Lipinski definition) is 2. The number of aliphatic hydroxyl groups is 1. The van der Waals surface area contributed by atoms with Crippen molar-refractivity contribution >= 4 is 15.9 Å². The lowest BCUT2D eigenvalue weighted by molar-refractivity contribution is 0.116. The van der Waals surface area contributed by atoms with Gasteiger partial charge in [0.2, 0.25) is 0 Å². The molecule has 112 valence electrons. The summed E-state index contributed by atoms with van der Waals surface area (Å²) in [6, 6.07) is 8.68. The standard InChI is InChI=1S/C17H26BrNO/c1-13-4-3-5-16(12-13)19(2)11-10-17(20)14-6-8-15(18)9-7-14/h6-9,13,16-17,20H,3-5,10-12H2,1-2H3. The Morgan fingerprint density at radius 1 is 1.30 bits per heavy atom. The number of hydrogen-bond donors (Lipinski definition) is 1. The highest BCUT2D eigenvalue weighted by Gasteiger charge is 2.22. The highest BCUT2D eigenvalue weighted by atomic mass is 79.9. The Kier molecular flexibility index (Phi) is 6.06. The molecule has 0 bridgehead atoms. The van der Waals surface area contributed by atoms with Gasteiger partial charge in [0, 0.05) is 17.1 Å². The number of nitrogens with zero attached hydrogens (tertiary/aromatic N) is 1. The topological polar surface area (TPSA) is 23.5 Å². The molecule has 0 amide bonds. The van der Waals surface area contributed by atoms with Crippen molar-refractivity contribution in [3.8, 4) is 0 Å². The lowest BCUT2D eigenvalue weighted by Crippen LogP contribution is -2.36. The predicted octanol–water partition coefficient (Wildman–Crippen LogP) is 4.38. The zero-order chi connectivity index (χ0) is 14.5. The first-order valence-corrected chi connectivity index (χ1v) is 8.49. The van der Waals surface area contributed by atoms with Crippen LogP contribution in [0.1, 0.15) is 50.7 Å². The zero-order valence-corrected chi connectivity index (χ0v) is 14.1. The molecule has 1 fully saturated rings. The molecule has 0 saturated heterocycles. The van der Waals surface area contributed by atoms with Gasteiger partial charge < -0.3 is 10.0 Å². The van der Waals surface area contributed by atoms with Crippen LogP contribution in [0.4, 0.5) is 0 Å². The SMILES string of the molecule is CC1CCCC(N(C)CCC(O)c2ccc(Br)cc2)C1. The van der Waals surface area contributed by atoms with Crippen molar-refractivity contribution in [1.82, 2.24) is 4.90 Å². The smallest absolute Gasteiger partial charge is 0.0802 e. The van der Waals surface area contributed by atoms with Crippen LogP contribution in [0, 0.1) is 5.92 Å². The summed E-state index contributed by atoms with van der Waals surface area (Å²) in [5.41, 5.74) is 1.01. The molecule has 1 N–H and O–H groups in total. The number of benzene rings is 1. The Labute approximate surface area is 131 Å². The number of rotatable bonds is 5. The fourth-order valence-electron chi connectivity index (χ4n) is 3.16. The second-order valence-electron chi connectivity index (χ2n) is 6.26. The fraction of sp³-hybridized carbons (Fsp3) is 0.647. The van der Waals surface area contributed by atoms with E-state index in [1.807, 2.05) is 24.3 Å². The van der Waals surface area contributed by atoms with Gasteiger partial charge >= 0.3 is 0 Å². The monoisotopic (exact) mass is 339 g/mol. The summed E-state index contributed by atoms with van der Waals surface area (Å²) in [4.78, 5) is 2.44. The molecule has 3 heteroatoms. The van der Waals surface area contributed by atoms with Crippen LogP contribution in [0.3, 0.4) is 0 Å². The van der Waals surface area contributed by atoms with Crippen LogP contribution in [0.5, 0.6) is 0 Å². The quantitative estimate of drug-likeness (QED) is 0.860. The summed E-state index contributed by atoms with van der Waals surface area (Å²) in [6.45, 7) is 3.32. The van der Waals surface area contributed by atoms with E-state index in [-0.39, 0.29) is 6.10 Å². The van der Waals surface area contributed by atoms with Gasteiger partial charge in [-0.3, -0.25) is 0 Å². The van der Waals surface area contributed by atoms with Crippen molar-refractivity contribution in [2.24, 2.45) is 5.92 Å². The van der Waals surface area contributed by atoms with Gasteiger partial charge in [-0.05, 0) is 49.9 Å². The van der Waals surface area contributed by atoms with Crippen LogP contribution in [0.15, 0.2) is 28.7 Å². The van der Waals surface area contributed by atoms with Crippen LogP contribution in [-0.4, -0.2) is 29.6 Å². The van der Waals surface area contributed by atoms with Gasteiger partial charge in [-0.2, -0.15) is 0 Å². The Morgan fingerprint density at radius 3 is 2.65 bits per heavy atom. The molecule has 2 nitrogen and oxygen atoms in total. The maximum Gasteiger partial charge on any atom is 0.0802 e. The molecule has 3 unspecified atom stereocenters. The number of halogens is 1. The van der Waals surface area contributed by atoms with E-state index in [0.29, 0.717) is 6.04 Å². The average molecular weight is 340 g/mol. The molecule has 1 saturated carbocycles.